The van der Waals surface area contributed by atoms with Crippen molar-refractivity contribution in [3.8, 4) is 16.9 Å². The number of ether oxygens (including phenoxy) is 1. The second kappa shape index (κ2) is 5.66. The number of carboxylic acids is 1. The van der Waals surface area contributed by atoms with Gasteiger partial charge in [-0.2, -0.15) is 20.1 Å². The first-order chi connectivity index (χ1) is 8.99. The van der Waals surface area contributed by atoms with Gasteiger partial charge in [-0.05, 0) is 39.5 Å². The molecule has 0 amide bonds. The van der Waals surface area contributed by atoms with Crippen LogP contribution in [0.5, 0.6) is 5.75 Å². The number of carboxylic acid groups (broad SMARTS) is 1. The lowest BCUT2D eigenvalue weighted by molar-refractivity contribution is -0.0495. The minimum absolute atomic E-state index is 0.106. The average Bonchev–Trinajstić information content (AvgIpc) is 2.74. The standard InChI is InChI=1S/C12H7BrF2O3S/c13-9-5-19-4-8(9)7-2-1-6(11(16)17)3-10(7)18-12(14)15/h1-5,12H,(H,16,17). The van der Waals surface area contributed by atoms with E-state index in [1.165, 1.54) is 23.5 Å². The van der Waals surface area contributed by atoms with Crippen molar-refractivity contribution in [2.45, 2.75) is 6.61 Å². The second-order valence-corrected chi connectivity index (χ2v) is 5.13. The maximum atomic E-state index is 12.4. The Morgan fingerprint density at radius 1 is 1.32 bits per heavy atom. The van der Waals surface area contributed by atoms with Crippen LogP contribution in [-0.2, 0) is 0 Å². The largest absolute Gasteiger partial charge is 0.478 e. The highest BCUT2D eigenvalue weighted by atomic mass is 79.9. The fraction of sp³-hybridized carbons (Fsp3) is 0.0833. The predicted molar refractivity (Wildman–Crippen MR) is 71.0 cm³/mol. The summed E-state index contributed by atoms with van der Waals surface area (Å²) in [7, 11) is 0. The van der Waals surface area contributed by atoms with Crippen molar-refractivity contribution in [1.29, 1.82) is 0 Å². The van der Waals surface area contributed by atoms with E-state index in [1.54, 1.807) is 10.8 Å². The summed E-state index contributed by atoms with van der Waals surface area (Å²) in [4.78, 5) is 10.9. The molecule has 0 aliphatic carbocycles. The van der Waals surface area contributed by atoms with Crippen molar-refractivity contribution in [2.24, 2.45) is 0 Å². The Kier molecular flexibility index (Phi) is 4.16. The number of benzene rings is 1. The number of thiophene rings is 1. The molecule has 1 aromatic carbocycles. The molecule has 0 spiro atoms. The van der Waals surface area contributed by atoms with Gasteiger partial charge in [-0.15, -0.1) is 0 Å². The van der Waals surface area contributed by atoms with Crippen molar-refractivity contribution in [3.05, 3.63) is 39.0 Å². The summed E-state index contributed by atoms with van der Waals surface area (Å²) < 4.78 is 29.9. The Balaban J connectivity index is 2.54. The predicted octanol–water partition coefficient (Wildman–Crippen LogP) is 4.48. The molecule has 0 aliphatic heterocycles. The summed E-state index contributed by atoms with van der Waals surface area (Å²) in [6.45, 7) is -3.01. The van der Waals surface area contributed by atoms with Gasteiger partial charge in [-0.3, -0.25) is 0 Å². The molecule has 1 heterocycles. The summed E-state index contributed by atoms with van der Waals surface area (Å²) in [5.41, 5.74) is 0.988. The van der Waals surface area contributed by atoms with E-state index >= 15 is 0 Å². The van der Waals surface area contributed by atoms with Gasteiger partial charge in [-0.1, -0.05) is 0 Å². The van der Waals surface area contributed by atoms with E-state index in [-0.39, 0.29) is 11.3 Å². The van der Waals surface area contributed by atoms with Gasteiger partial charge in [0.2, 0.25) is 0 Å². The van der Waals surface area contributed by atoms with Crippen LogP contribution in [0.15, 0.2) is 33.4 Å². The van der Waals surface area contributed by atoms with Gasteiger partial charge >= 0.3 is 12.6 Å². The van der Waals surface area contributed by atoms with E-state index < -0.39 is 12.6 Å². The molecular formula is C12H7BrF2O3S. The molecule has 0 saturated heterocycles. The Morgan fingerprint density at radius 3 is 2.58 bits per heavy atom. The second-order valence-electron chi connectivity index (χ2n) is 3.53. The quantitative estimate of drug-likeness (QED) is 0.886. The van der Waals surface area contributed by atoms with Gasteiger partial charge in [0.25, 0.3) is 0 Å². The molecule has 7 heteroatoms. The fourth-order valence-electron chi connectivity index (χ4n) is 1.55. The third-order valence-electron chi connectivity index (χ3n) is 2.35. The Labute approximate surface area is 119 Å². The third kappa shape index (κ3) is 3.10. The van der Waals surface area contributed by atoms with Crippen LogP contribution >= 0.6 is 27.3 Å². The number of hydrogen-bond donors (Lipinski definition) is 1. The average molecular weight is 349 g/mol. The zero-order chi connectivity index (χ0) is 14.0. The lowest BCUT2D eigenvalue weighted by Gasteiger charge is -2.11. The molecule has 0 bridgehead atoms. The lowest BCUT2D eigenvalue weighted by Crippen LogP contribution is -2.05. The molecule has 19 heavy (non-hydrogen) atoms. The first-order valence-electron chi connectivity index (χ1n) is 5.03. The third-order valence-corrected chi connectivity index (χ3v) is 4.05. The van der Waals surface area contributed by atoms with Gasteiger partial charge < -0.3 is 9.84 Å². The van der Waals surface area contributed by atoms with Crippen LogP contribution in [0.3, 0.4) is 0 Å². The first-order valence-corrected chi connectivity index (χ1v) is 6.77. The summed E-state index contributed by atoms with van der Waals surface area (Å²) in [5, 5.41) is 12.4. The van der Waals surface area contributed by atoms with Crippen molar-refractivity contribution in [2.75, 3.05) is 0 Å². The van der Waals surface area contributed by atoms with Crippen LogP contribution in [0.4, 0.5) is 8.78 Å². The zero-order valence-electron chi connectivity index (χ0n) is 9.27. The molecule has 1 N–H and O–H groups in total. The first kappa shape index (κ1) is 14.0. The summed E-state index contributed by atoms with van der Waals surface area (Å²) >= 11 is 4.69. The summed E-state index contributed by atoms with van der Waals surface area (Å²) in [6, 6.07) is 3.89. The van der Waals surface area contributed by atoms with Gasteiger partial charge in [-0.25, -0.2) is 4.79 Å². The highest BCUT2D eigenvalue weighted by Gasteiger charge is 2.16. The highest BCUT2D eigenvalue weighted by molar-refractivity contribution is 9.10. The highest BCUT2D eigenvalue weighted by Crippen LogP contribution is 2.38. The van der Waals surface area contributed by atoms with Crippen molar-refractivity contribution in [1.82, 2.24) is 0 Å². The molecule has 0 atom stereocenters. The molecule has 0 saturated carbocycles. The molecular weight excluding hydrogens is 342 g/mol. The van der Waals surface area contributed by atoms with Crippen LogP contribution in [0.1, 0.15) is 10.4 Å². The van der Waals surface area contributed by atoms with Gasteiger partial charge in [0.1, 0.15) is 5.75 Å². The van der Waals surface area contributed by atoms with E-state index in [0.29, 0.717) is 11.1 Å². The van der Waals surface area contributed by atoms with E-state index in [9.17, 15) is 13.6 Å². The number of halogens is 3. The number of hydrogen-bond acceptors (Lipinski definition) is 3. The number of carbonyl (C=O) groups is 1. The maximum absolute atomic E-state index is 12.4. The molecule has 0 unspecified atom stereocenters. The van der Waals surface area contributed by atoms with Crippen molar-refractivity contribution < 1.29 is 23.4 Å². The monoisotopic (exact) mass is 348 g/mol. The maximum Gasteiger partial charge on any atom is 0.387 e. The molecule has 100 valence electrons. The minimum Gasteiger partial charge on any atom is -0.478 e. The fourth-order valence-corrected chi connectivity index (χ4v) is 3.05. The molecule has 2 aromatic rings. The molecule has 0 aliphatic rings. The Hall–Kier alpha value is -1.47. The van der Waals surface area contributed by atoms with E-state index in [1.807, 2.05) is 0 Å². The number of aromatic carboxylic acids is 1. The van der Waals surface area contributed by atoms with Crippen LogP contribution in [0.25, 0.3) is 11.1 Å². The summed E-state index contributed by atoms with van der Waals surface area (Å²) in [6.07, 6.45) is 0. The van der Waals surface area contributed by atoms with Crippen LogP contribution in [0, 0.1) is 0 Å². The van der Waals surface area contributed by atoms with Crippen molar-refractivity contribution in [3.63, 3.8) is 0 Å². The normalized spacial score (nSPS) is 10.7. The van der Waals surface area contributed by atoms with Gasteiger partial charge in [0.15, 0.2) is 0 Å². The number of rotatable bonds is 4. The van der Waals surface area contributed by atoms with Crippen LogP contribution in [-0.4, -0.2) is 17.7 Å². The lowest BCUT2D eigenvalue weighted by atomic mass is 10.1. The van der Waals surface area contributed by atoms with Crippen LogP contribution in [0.2, 0.25) is 0 Å². The smallest absolute Gasteiger partial charge is 0.387 e. The number of alkyl halides is 2. The van der Waals surface area contributed by atoms with E-state index in [2.05, 4.69) is 20.7 Å². The van der Waals surface area contributed by atoms with Crippen molar-refractivity contribution >= 4 is 33.2 Å². The zero-order valence-corrected chi connectivity index (χ0v) is 11.7. The van der Waals surface area contributed by atoms with Gasteiger partial charge in [0.05, 0.1) is 5.56 Å². The van der Waals surface area contributed by atoms with Crippen LogP contribution < -0.4 is 4.74 Å². The molecule has 1 aromatic heterocycles. The minimum atomic E-state index is -3.01. The Morgan fingerprint density at radius 2 is 2.05 bits per heavy atom. The SMILES string of the molecule is O=C(O)c1ccc(-c2cscc2Br)c(OC(F)F)c1. The van der Waals surface area contributed by atoms with Gasteiger partial charge in [0, 0.05) is 21.0 Å². The van der Waals surface area contributed by atoms with E-state index in [4.69, 9.17) is 5.11 Å². The molecule has 2 rings (SSSR count). The summed E-state index contributed by atoms with van der Waals surface area (Å²) in [5.74, 6) is -1.36. The molecule has 0 radical (unpaired) electrons. The Bertz CT molecular complexity index is 613. The van der Waals surface area contributed by atoms with E-state index in [0.717, 1.165) is 10.5 Å². The molecule has 3 nitrogen and oxygen atoms in total. The molecule has 0 fully saturated rings. The topological polar surface area (TPSA) is 46.5 Å².